The van der Waals surface area contributed by atoms with Crippen molar-refractivity contribution >= 4 is 33.4 Å². The summed E-state index contributed by atoms with van der Waals surface area (Å²) in [5, 5.41) is 6.14. The van der Waals surface area contributed by atoms with Crippen LogP contribution in [0.4, 0.5) is 5.69 Å². The maximum atomic E-state index is 12.9. The van der Waals surface area contributed by atoms with E-state index in [0.717, 1.165) is 41.7 Å². The van der Waals surface area contributed by atoms with E-state index in [1.807, 2.05) is 60.7 Å². The molecule has 164 valence electrons. The molecule has 2 aromatic carbocycles. The van der Waals surface area contributed by atoms with Gasteiger partial charge in [0.2, 0.25) is 0 Å². The average Bonchev–Trinajstić information content (AvgIpc) is 2.84. The van der Waals surface area contributed by atoms with Crippen LogP contribution in [0.25, 0.3) is 0 Å². The molecule has 4 rings (SSSR count). The summed E-state index contributed by atoms with van der Waals surface area (Å²) in [7, 11) is 0. The van der Waals surface area contributed by atoms with Crippen LogP contribution in [0.2, 0.25) is 0 Å². The zero-order chi connectivity index (χ0) is 22.3. The lowest BCUT2D eigenvalue weighted by atomic mass is 10.0. The number of pyridine rings is 1. The molecule has 32 heavy (non-hydrogen) atoms. The van der Waals surface area contributed by atoms with Gasteiger partial charge in [-0.2, -0.15) is 0 Å². The lowest BCUT2D eigenvalue weighted by Crippen LogP contribution is -2.45. The van der Waals surface area contributed by atoms with Crippen molar-refractivity contribution < 1.29 is 9.59 Å². The first kappa shape index (κ1) is 22.0. The fourth-order valence-electron chi connectivity index (χ4n) is 3.88. The molecule has 6 nitrogen and oxygen atoms in total. The fourth-order valence-corrected chi connectivity index (χ4v) is 4.28. The third-order valence-corrected chi connectivity index (χ3v) is 6.10. The Morgan fingerprint density at radius 1 is 0.969 bits per heavy atom. The molecule has 1 fully saturated rings. The first-order valence-electron chi connectivity index (χ1n) is 10.7. The minimum Gasteiger partial charge on any atom is -0.371 e. The Kier molecular flexibility index (Phi) is 7.17. The van der Waals surface area contributed by atoms with Crippen LogP contribution in [0.15, 0.2) is 77.5 Å². The zero-order valence-corrected chi connectivity index (χ0v) is 19.2. The van der Waals surface area contributed by atoms with Crippen molar-refractivity contribution in [1.82, 2.24) is 15.6 Å². The van der Waals surface area contributed by atoms with Crippen molar-refractivity contribution in [2.24, 2.45) is 0 Å². The molecule has 0 bridgehead atoms. The Hall–Kier alpha value is -3.19. The Bertz CT molecular complexity index is 1080. The molecule has 0 spiro atoms. The van der Waals surface area contributed by atoms with Gasteiger partial charge in [0.15, 0.2) is 0 Å². The highest BCUT2D eigenvalue weighted by Crippen LogP contribution is 2.25. The van der Waals surface area contributed by atoms with E-state index in [4.69, 9.17) is 0 Å². The molecule has 3 aromatic rings. The minimum atomic E-state index is -0.0949. The van der Waals surface area contributed by atoms with E-state index in [0.29, 0.717) is 17.7 Å². The van der Waals surface area contributed by atoms with Gasteiger partial charge in [-0.25, -0.2) is 0 Å². The molecule has 2 heterocycles. The number of nitrogens with one attached hydrogen (secondary N) is 2. The number of halogens is 1. The van der Waals surface area contributed by atoms with E-state index in [2.05, 4.69) is 36.4 Å². The topological polar surface area (TPSA) is 74.3 Å². The van der Waals surface area contributed by atoms with Gasteiger partial charge >= 0.3 is 0 Å². The van der Waals surface area contributed by atoms with Crippen LogP contribution in [0.3, 0.4) is 0 Å². The van der Waals surface area contributed by atoms with Crippen LogP contribution in [-0.4, -0.2) is 35.9 Å². The van der Waals surface area contributed by atoms with E-state index in [9.17, 15) is 9.59 Å². The first-order valence-corrected chi connectivity index (χ1v) is 11.5. The highest BCUT2D eigenvalue weighted by molar-refractivity contribution is 9.10. The van der Waals surface area contributed by atoms with E-state index in [1.165, 1.54) is 0 Å². The summed E-state index contributed by atoms with van der Waals surface area (Å²) >= 11 is 3.41. The Morgan fingerprint density at radius 2 is 1.72 bits per heavy atom. The predicted octanol–water partition coefficient (Wildman–Crippen LogP) is 4.17. The first-order chi connectivity index (χ1) is 15.6. The van der Waals surface area contributed by atoms with Crippen LogP contribution < -0.4 is 15.5 Å². The number of amides is 2. The summed E-state index contributed by atoms with van der Waals surface area (Å²) in [4.78, 5) is 31.6. The number of nitrogens with zero attached hydrogens (tertiary/aromatic N) is 2. The van der Waals surface area contributed by atoms with E-state index in [-0.39, 0.29) is 17.9 Å². The standard InChI is InChI=1S/C25H25BrN4O2/c26-20-5-3-4-19(16-20)24(31)29-21-10-14-30(15-11-21)23-7-2-1-6-22(23)25(32)28-17-18-8-12-27-13-9-18/h1-9,12-13,16,21H,10-11,14-15,17H2,(H,28,32)(H,29,31). The molecule has 1 aliphatic heterocycles. The molecular formula is C25H25BrN4O2. The molecule has 0 unspecified atom stereocenters. The minimum absolute atomic E-state index is 0.0550. The van der Waals surface area contributed by atoms with Gasteiger partial charge in [-0.1, -0.05) is 34.1 Å². The molecule has 0 saturated carbocycles. The molecule has 1 aliphatic rings. The van der Waals surface area contributed by atoms with E-state index >= 15 is 0 Å². The number of carbonyl (C=O) groups is 2. The largest absolute Gasteiger partial charge is 0.371 e. The number of rotatable bonds is 6. The van der Waals surface area contributed by atoms with Crippen molar-refractivity contribution in [3.63, 3.8) is 0 Å². The molecule has 7 heteroatoms. The van der Waals surface area contributed by atoms with Gasteiger partial charge in [-0.15, -0.1) is 0 Å². The number of hydrogen-bond donors (Lipinski definition) is 2. The second-order valence-electron chi connectivity index (χ2n) is 7.80. The Labute approximate surface area is 196 Å². The van der Waals surface area contributed by atoms with Crippen molar-refractivity contribution in [2.45, 2.75) is 25.4 Å². The quantitative estimate of drug-likeness (QED) is 0.541. The van der Waals surface area contributed by atoms with Gasteiger partial charge in [0.1, 0.15) is 0 Å². The highest BCUT2D eigenvalue weighted by atomic mass is 79.9. The van der Waals surface area contributed by atoms with Crippen LogP contribution in [-0.2, 0) is 6.54 Å². The van der Waals surface area contributed by atoms with Crippen molar-refractivity contribution in [3.8, 4) is 0 Å². The normalized spacial score (nSPS) is 14.1. The highest BCUT2D eigenvalue weighted by Gasteiger charge is 2.24. The third kappa shape index (κ3) is 5.53. The van der Waals surface area contributed by atoms with Crippen LogP contribution in [0, 0.1) is 0 Å². The summed E-state index contributed by atoms with van der Waals surface area (Å²) in [5.41, 5.74) is 3.25. The van der Waals surface area contributed by atoms with Gasteiger partial charge in [0.25, 0.3) is 11.8 Å². The number of para-hydroxylation sites is 1. The van der Waals surface area contributed by atoms with Crippen LogP contribution in [0.1, 0.15) is 39.1 Å². The Balaban J connectivity index is 1.35. The maximum Gasteiger partial charge on any atom is 0.253 e. The number of benzene rings is 2. The van der Waals surface area contributed by atoms with Gasteiger partial charge in [0.05, 0.1) is 5.56 Å². The lowest BCUT2D eigenvalue weighted by molar-refractivity contribution is 0.0929. The second kappa shape index (κ2) is 10.4. The van der Waals surface area contributed by atoms with E-state index in [1.54, 1.807) is 12.4 Å². The zero-order valence-electron chi connectivity index (χ0n) is 17.6. The summed E-state index contributed by atoms with van der Waals surface area (Å²) in [6, 6.07) is 19.0. The van der Waals surface area contributed by atoms with Crippen molar-refractivity contribution in [3.05, 3.63) is 94.2 Å². The smallest absolute Gasteiger partial charge is 0.253 e. The third-order valence-electron chi connectivity index (χ3n) is 5.61. The number of hydrogen-bond acceptors (Lipinski definition) is 4. The van der Waals surface area contributed by atoms with Crippen molar-refractivity contribution in [1.29, 1.82) is 0 Å². The SMILES string of the molecule is O=C(NC1CCN(c2ccccc2C(=O)NCc2ccncc2)CC1)c1cccc(Br)c1. The summed E-state index contributed by atoms with van der Waals surface area (Å²) in [6.07, 6.45) is 5.09. The van der Waals surface area contributed by atoms with Crippen molar-refractivity contribution in [2.75, 3.05) is 18.0 Å². The summed E-state index contributed by atoms with van der Waals surface area (Å²) in [5.74, 6) is -0.150. The summed E-state index contributed by atoms with van der Waals surface area (Å²) < 4.78 is 0.888. The summed E-state index contributed by atoms with van der Waals surface area (Å²) in [6.45, 7) is 2.01. The monoisotopic (exact) mass is 492 g/mol. The molecular weight excluding hydrogens is 468 g/mol. The number of piperidine rings is 1. The fraction of sp³-hybridized carbons (Fsp3) is 0.240. The number of anilines is 1. The van der Waals surface area contributed by atoms with Crippen LogP contribution in [0.5, 0.6) is 0 Å². The number of carbonyl (C=O) groups excluding carboxylic acids is 2. The average molecular weight is 493 g/mol. The lowest BCUT2D eigenvalue weighted by Gasteiger charge is -2.35. The maximum absolute atomic E-state index is 12.9. The molecule has 1 saturated heterocycles. The predicted molar refractivity (Wildman–Crippen MR) is 129 cm³/mol. The molecule has 2 N–H and O–H groups in total. The number of aromatic nitrogens is 1. The van der Waals surface area contributed by atoms with E-state index < -0.39 is 0 Å². The van der Waals surface area contributed by atoms with Gasteiger partial charge in [-0.3, -0.25) is 14.6 Å². The van der Waals surface area contributed by atoms with Gasteiger partial charge in [0, 0.05) is 53.8 Å². The molecule has 2 amide bonds. The molecule has 0 atom stereocenters. The molecule has 0 aliphatic carbocycles. The molecule has 0 radical (unpaired) electrons. The second-order valence-corrected chi connectivity index (χ2v) is 8.72. The van der Waals surface area contributed by atoms with Gasteiger partial charge < -0.3 is 15.5 Å². The van der Waals surface area contributed by atoms with Crippen LogP contribution >= 0.6 is 15.9 Å². The molecule has 1 aromatic heterocycles. The van der Waals surface area contributed by atoms with Gasteiger partial charge in [-0.05, 0) is 60.9 Å². The Morgan fingerprint density at radius 3 is 2.47 bits per heavy atom.